The number of nitrogens with two attached hydrogens (primary N) is 1. The van der Waals surface area contributed by atoms with Crippen LogP contribution in [0.15, 0.2) is 24.3 Å². The average Bonchev–Trinajstić information content (AvgIpc) is 2.90. The third kappa shape index (κ3) is 1.76. The third-order valence-electron chi connectivity index (χ3n) is 3.11. The molecule has 2 atom stereocenters. The van der Waals surface area contributed by atoms with E-state index in [2.05, 4.69) is 12.1 Å². The summed E-state index contributed by atoms with van der Waals surface area (Å²) in [6, 6.07) is 8.10. The second kappa shape index (κ2) is 4.18. The SMILES string of the molecule is N[C@H]1c2ccccc2C[C@H]1OB1OCCO1. The smallest absolute Gasteiger partial charge is 0.384 e. The molecule has 2 N–H and O–H groups in total. The van der Waals surface area contributed by atoms with Gasteiger partial charge in [-0.1, -0.05) is 24.3 Å². The van der Waals surface area contributed by atoms with E-state index in [1.54, 1.807) is 0 Å². The van der Waals surface area contributed by atoms with E-state index in [0.717, 1.165) is 6.42 Å². The van der Waals surface area contributed by atoms with Crippen LogP contribution in [0.25, 0.3) is 0 Å². The predicted molar refractivity (Wildman–Crippen MR) is 59.6 cm³/mol. The summed E-state index contributed by atoms with van der Waals surface area (Å²) in [6.07, 6.45) is 0.793. The van der Waals surface area contributed by atoms with Gasteiger partial charge in [-0.2, -0.15) is 0 Å². The largest absolute Gasteiger partial charge is 0.639 e. The highest BCUT2D eigenvalue weighted by atomic mass is 16.8. The second-order valence-electron chi connectivity index (χ2n) is 4.13. The first-order valence-corrected chi connectivity index (χ1v) is 5.56. The predicted octanol–water partition coefficient (Wildman–Crippen LogP) is 0.659. The molecule has 1 aliphatic heterocycles. The van der Waals surface area contributed by atoms with Gasteiger partial charge in [-0.3, -0.25) is 0 Å². The Morgan fingerprint density at radius 1 is 1.25 bits per heavy atom. The first-order valence-electron chi connectivity index (χ1n) is 5.56. The molecule has 84 valence electrons. The summed E-state index contributed by atoms with van der Waals surface area (Å²) in [5.41, 5.74) is 8.57. The van der Waals surface area contributed by atoms with E-state index in [-0.39, 0.29) is 12.1 Å². The topological polar surface area (TPSA) is 53.7 Å². The average molecular weight is 219 g/mol. The lowest BCUT2D eigenvalue weighted by atomic mass is 10.1. The Balaban J connectivity index is 1.71. The normalized spacial score (nSPS) is 28.4. The number of fused-ring (bicyclic) bond motifs is 1. The molecular weight excluding hydrogens is 205 g/mol. The molecular formula is C11H14BNO3. The van der Waals surface area contributed by atoms with E-state index in [4.69, 9.17) is 19.7 Å². The minimum Gasteiger partial charge on any atom is -0.384 e. The minimum atomic E-state index is -0.537. The van der Waals surface area contributed by atoms with Gasteiger partial charge in [0.1, 0.15) is 0 Å². The molecule has 0 bridgehead atoms. The van der Waals surface area contributed by atoms with Crippen LogP contribution < -0.4 is 5.73 Å². The first-order chi connectivity index (χ1) is 7.84. The molecule has 1 aromatic carbocycles. The van der Waals surface area contributed by atoms with Gasteiger partial charge in [0.2, 0.25) is 0 Å². The molecule has 16 heavy (non-hydrogen) atoms. The fourth-order valence-electron chi connectivity index (χ4n) is 2.28. The summed E-state index contributed by atoms with van der Waals surface area (Å²) < 4.78 is 16.2. The summed E-state index contributed by atoms with van der Waals surface area (Å²) >= 11 is 0. The molecule has 0 radical (unpaired) electrons. The van der Waals surface area contributed by atoms with Crippen LogP contribution in [0, 0.1) is 0 Å². The van der Waals surface area contributed by atoms with Crippen molar-refractivity contribution in [2.45, 2.75) is 18.6 Å². The molecule has 3 rings (SSSR count). The first kappa shape index (κ1) is 10.3. The monoisotopic (exact) mass is 219 g/mol. The number of benzene rings is 1. The summed E-state index contributed by atoms with van der Waals surface area (Å²) in [4.78, 5) is 0. The Bertz CT molecular complexity index is 381. The van der Waals surface area contributed by atoms with Gasteiger partial charge in [0, 0.05) is 0 Å². The molecule has 0 spiro atoms. The molecule has 0 aromatic heterocycles. The van der Waals surface area contributed by atoms with Gasteiger partial charge < -0.3 is 19.7 Å². The van der Waals surface area contributed by atoms with Gasteiger partial charge in [-0.25, -0.2) is 0 Å². The van der Waals surface area contributed by atoms with Crippen LogP contribution in [0.4, 0.5) is 0 Å². The van der Waals surface area contributed by atoms with Crippen LogP contribution in [-0.4, -0.2) is 26.6 Å². The summed E-state index contributed by atoms with van der Waals surface area (Å²) in [5, 5.41) is 0. The highest BCUT2D eigenvalue weighted by Gasteiger charge is 2.37. The van der Waals surface area contributed by atoms with Crippen LogP contribution in [-0.2, 0) is 20.4 Å². The number of rotatable bonds is 2. The van der Waals surface area contributed by atoms with Crippen molar-refractivity contribution < 1.29 is 14.0 Å². The van der Waals surface area contributed by atoms with Gasteiger partial charge in [0.05, 0.1) is 25.4 Å². The third-order valence-corrected chi connectivity index (χ3v) is 3.11. The van der Waals surface area contributed by atoms with Crippen molar-refractivity contribution in [3.05, 3.63) is 35.4 Å². The number of hydrogen-bond acceptors (Lipinski definition) is 4. The van der Waals surface area contributed by atoms with Gasteiger partial charge >= 0.3 is 7.32 Å². The lowest BCUT2D eigenvalue weighted by Crippen LogP contribution is -2.33. The molecule has 1 aliphatic carbocycles. The van der Waals surface area contributed by atoms with E-state index >= 15 is 0 Å². The lowest BCUT2D eigenvalue weighted by molar-refractivity contribution is 0.104. The minimum absolute atomic E-state index is 0.0412. The zero-order chi connectivity index (χ0) is 11.0. The van der Waals surface area contributed by atoms with Crippen molar-refractivity contribution in [3.8, 4) is 0 Å². The van der Waals surface area contributed by atoms with Gasteiger partial charge in [0.15, 0.2) is 0 Å². The van der Waals surface area contributed by atoms with E-state index in [1.165, 1.54) is 11.1 Å². The molecule has 0 saturated carbocycles. The maximum absolute atomic E-state index is 6.13. The molecule has 2 aliphatic rings. The molecule has 1 heterocycles. The maximum Gasteiger partial charge on any atom is 0.639 e. The van der Waals surface area contributed by atoms with Crippen molar-refractivity contribution in [2.75, 3.05) is 13.2 Å². The van der Waals surface area contributed by atoms with Crippen LogP contribution in [0.2, 0.25) is 0 Å². The molecule has 1 saturated heterocycles. The number of hydrogen-bond donors (Lipinski definition) is 1. The molecule has 4 nitrogen and oxygen atoms in total. The van der Waals surface area contributed by atoms with Crippen LogP contribution in [0.5, 0.6) is 0 Å². The van der Waals surface area contributed by atoms with Crippen molar-refractivity contribution in [3.63, 3.8) is 0 Å². The van der Waals surface area contributed by atoms with Crippen LogP contribution >= 0.6 is 0 Å². The molecule has 1 fully saturated rings. The van der Waals surface area contributed by atoms with E-state index in [1.807, 2.05) is 12.1 Å². The fraction of sp³-hybridized carbons (Fsp3) is 0.455. The zero-order valence-electron chi connectivity index (χ0n) is 8.96. The fourth-order valence-corrected chi connectivity index (χ4v) is 2.28. The van der Waals surface area contributed by atoms with E-state index < -0.39 is 7.32 Å². The Morgan fingerprint density at radius 2 is 2.00 bits per heavy atom. The van der Waals surface area contributed by atoms with Gasteiger partial charge in [-0.15, -0.1) is 0 Å². The maximum atomic E-state index is 6.13. The highest BCUT2D eigenvalue weighted by molar-refractivity contribution is 6.37. The Morgan fingerprint density at radius 3 is 2.75 bits per heavy atom. The quantitative estimate of drug-likeness (QED) is 0.742. The molecule has 0 unspecified atom stereocenters. The van der Waals surface area contributed by atoms with Crippen LogP contribution in [0.1, 0.15) is 17.2 Å². The Labute approximate surface area is 94.9 Å². The van der Waals surface area contributed by atoms with Crippen molar-refractivity contribution in [1.82, 2.24) is 0 Å². The summed E-state index contributed by atoms with van der Waals surface area (Å²) in [6.45, 7) is 1.19. The molecule has 5 heteroatoms. The molecule has 0 amide bonds. The lowest BCUT2D eigenvalue weighted by Gasteiger charge is -2.18. The van der Waals surface area contributed by atoms with Crippen molar-refractivity contribution >= 4 is 7.32 Å². The Kier molecular flexibility index (Phi) is 2.69. The summed E-state index contributed by atoms with van der Waals surface area (Å²) in [5.74, 6) is 0. The Hall–Kier alpha value is -0.875. The standard InChI is InChI=1S/C11H14BNO3/c13-11-9-4-2-1-3-8(9)7-10(11)16-12-14-5-6-15-12/h1-4,10-11H,5-7,13H2/t10-,11+/m1/s1. The summed E-state index contributed by atoms with van der Waals surface area (Å²) in [7, 11) is -0.537. The van der Waals surface area contributed by atoms with Crippen molar-refractivity contribution in [2.24, 2.45) is 5.73 Å². The highest BCUT2D eigenvalue weighted by Crippen LogP contribution is 2.31. The zero-order valence-corrected chi connectivity index (χ0v) is 8.96. The van der Waals surface area contributed by atoms with Crippen LogP contribution in [0.3, 0.4) is 0 Å². The van der Waals surface area contributed by atoms with Crippen molar-refractivity contribution in [1.29, 1.82) is 0 Å². The van der Waals surface area contributed by atoms with Gasteiger partial charge in [0.25, 0.3) is 0 Å². The van der Waals surface area contributed by atoms with E-state index in [0.29, 0.717) is 13.2 Å². The van der Waals surface area contributed by atoms with Gasteiger partial charge in [-0.05, 0) is 17.5 Å². The van der Waals surface area contributed by atoms with E-state index in [9.17, 15) is 0 Å². The molecule has 1 aromatic rings. The second-order valence-corrected chi connectivity index (χ2v) is 4.13.